The summed E-state index contributed by atoms with van der Waals surface area (Å²) >= 11 is 0. The second kappa shape index (κ2) is 9.76. The summed E-state index contributed by atoms with van der Waals surface area (Å²) in [6, 6.07) is 14.4. The summed E-state index contributed by atoms with van der Waals surface area (Å²) in [6.45, 7) is 1.84. The first kappa shape index (κ1) is 24.4. The number of aromatic amines is 1. The summed E-state index contributed by atoms with van der Waals surface area (Å²) in [5.74, 6) is 1.04. The molecule has 0 amide bonds. The highest BCUT2D eigenvalue weighted by Gasteiger charge is 2.40. The van der Waals surface area contributed by atoms with E-state index >= 15 is 0 Å². The van der Waals surface area contributed by atoms with Crippen LogP contribution in [0.1, 0.15) is 18.4 Å². The van der Waals surface area contributed by atoms with E-state index in [2.05, 4.69) is 29.3 Å². The van der Waals surface area contributed by atoms with Crippen LogP contribution in [0.25, 0.3) is 5.69 Å². The zero-order valence-electron chi connectivity index (χ0n) is 21.4. The molecule has 0 fully saturated rings. The van der Waals surface area contributed by atoms with Gasteiger partial charge in [0.2, 0.25) is 0 Å². The summed E-state index contributed by atoms with van der Waals surface area (Å²) in [7, 11) is 0. The van der Waals surface area contributed by atoms with Crippen molar-refractivity contribution in [3.63, 3.8) is 0 Å². The number of nitrogens with one attached hydrogen (secondary N) is 1. The highest BCUT2D eigenvalue weighted by molar-refractivity contribution is 5.52. The number of ether oxygens (including phenoxy) is 1. The Hall–Kier alpha value is -4.91. The summed E-state index contributed by atoms with van der Waals surface area (Å²) in [5, 5.41) is 0. The molecule has 1 N–H and O–H groups in total. The predicted octanol–water partition coefficient (Wildman–Crippen LogP) is 5.00. The molecule has 194 valence electrons. The van der Waals surface area contributed by atoms with Crippen LogP contribution in [0, 0.1) is 12.8 Å². The quantitative estimate of drug-likeness (QED) is 0.499. The molecule has 7 nitrogen and oxygen atoms in total. The van der Waals surface area contributed by atoms with Crippen LogP contribution in [0.5, 0.6) is 11.5 Å². The number of hydrogen-bond donors (Lipinski definition) is 1. The Morgan fingerprint density at radius 3 is 2.36 bits per heavy atom. The van der Waals surface area contributed by atoms with Crippen molar-refractivity contribution in [2.75, 3.05) is 0 Å². The van der Waals surface area contributed by atoms with Gasteiger partial charge in [0.05, 0.1) is 11.2 Å². The third kappa shape index (κ3) is 4.32. The van der Waals surface area contributed by atoms with Crippen LogP contribution in [-0.4, -0.2) is 14.1 Å². The predicted molar refractivity (Wildman–Crippen MR) is 152 cm³/mol. The fraction of sp³-hybridized carbons (Fsp3) is 0.156. The molecule has 3 aromatic rings. The van der Waals surface area contributed by atoms with Gasteiger partial charge >= 0.3 is 17.1 Å². The zero-order valence-corrected chi connectivity index (χ0v) is 21.4. The molecule has 0 bridgehead atoms. The van der Waals surface area contributed by atoms with Crippen molar-refractivity contribution in [2.45, 2.75) is 25.3 Å². The van der Waals surface area contributed by atoms with Crippen LogP contribution in [0.4, 0.5) is 0 Å². The SMILES string of the molecule is Cc1cc(-n2c(=O)[nH]c(=O)n(C3(C4C=CC=C4)C=CC(C4=CCC=C4)=CC3)c2=O)ccc1Oc1ccccc1. The fourth-order valence-corrected chi connectivity index (χ4v) is 5.43. The summed E-state index contributed by atoms with van der Waals surface area (Å²) < 4.78 is 8.17. The summed E-state index contributed by atoms with van der Waals surface area (Å²) in [4.78, 5) is 42.8. The maximum atomic E-state index is 14.0. The van der Waals surface area contributed by atoms with Crippen LogP contribution in [0.15, 0.2) is 135 Å². The van der Waals surface area contributed by atoms with E-state index in [0.717, 1.165) is 27.7 Å². The Morgan fingerprint density at radius 1 is 0.923 bits per heavy atom. The van der Waals surface area contributed by atoms with E-state index in [1.165, 1.54) is 4.57 Å². The van der Waals surface area contributed by atoms with Crippen LogP contribution in [-0.2, 0) is 5.54 Å². The highest BCUT2D eigenvalue weighted by atomic mass is 16.5. The van der Waals surface area contributed by atoms with Gasteiger partial charge < -0.3 is 4.74 Å². The van der Waals surface area contributed by atoms with E-state index in [9.17, 15) is 14.4 Å². The van der Waals surface area contributed by atoms with E-state index in [1.54, 1.807) is 18.2 Å². The van der Waals surface area contributed by atoms with E-state index in [4.69, 9.17) is 4.74 Å². The molecule has 0 saturated heterocycles. The third-order valence-electron chi connectivity index (χ3n) is 7.44. The molecule has 3 aliphatic rings. The largest absolute Gasteiger partial charge is 0.457 e. The number of nitrogens with zero attached hydrogens (tertiary/aromatic N) is 2. The van der Waals surface area contributed by atoms with Gasteiger partial charge in [-0.3, -0.25) is 4.98 Å². The molecule has 0 spiro atoms. The van der Waals surface area contributed by atoms with E-state index < -0.39 is 22.6 Å². The minimum Gasteiger partial charge on any atom is -0.457 e. The first-order chi connectivity index (χ1) is 19.0. The second-order valence-corrected chi connectivity index (χ2v) is 9.83. The molecular weight excluding hydrogens is 490 g/mol. The van der Waals surface area contributed by atoms with E-state index in [1.807, 2.05) is 73.7 Å². The first-order valence-corrected chi connectivity index (χ1v) is 12.9. The lowest BCUT2D eigenvalue weighted by Gasteiger charge is -2.37. The molecule has 39 heavy (non-hydrogen) atoms. The number of aryl methyl sites for hydroxylation is 1. The minimum absolute atomic E-state index is 0.243. The molecule has 7 heteroatoms. The van der Waals surface area contributed by atoms with Crippen molar-refractivity contribution >= 4 is 0 Å². The maximum Gasteiger partial charge on any atom is 0.341 e. The number of rotatable bonds is 6. The zero-order chi connectivity index (χ0) is 27.0. The molecule has 0 radical (unpaired) electrons. The van der Waals surface area contributed by atoms with E-state index in [-0.39, 0.29) is 5.92 Å². The molecule has 6 rings (SSSR count). The van der Waals surface area contributed by atoms with Gasteiger partial charge in [-0.15, -0.1) is 0 Å². The fourth-order valence-electron chi connectivity index (χ4n) is 5.43. The van der Waals surface area contributed by atoms with Crippen molar-refractivity contribution in [3.8, 4) is 17.2 Å². The average Bonchev–Trinajstić information content (AvgIpc) is 3.66. The highest BCUT2D eigenvalue weighted by Crippen LogP contribution is 2.39. The van der Waals surface area contributed by atoms with Crippen molar-refractivity contribution in [3.05, 3.63) is 157 Å². The lowest BCUT2D eigenvalue weighted by atomic mass is 9.77. The molecule has 1 unspecified atom stereocenters. The van der Waals surface area contributed by atoms with Crippen LogP contribution < -0.4 is 21.8 Å². The number of allylic oxidation sites excluding steroid dienone is 12. The molecule has 0 saturated carbocycles. The number of H-pyrrole nitrogens is 1. The molecule has 2 aromatic carbocycles. The van der Waals surface area contributed by atoms with E-state index in [0.29, 0.717) is 23.6 Å². The normalized spacial score (nSPS) is 19.9. The Labute approximate surface area is 224 Å². The van der Waals surface area contributed by atoms with Gasteiger partial charge in [-0.2, -0.15) is 0 Å². The Morgan fingerprint density at radius 2 is 1.69 bits per heavy atom. The maximum absolute atomic E-state index is 14.0. The topological polar surface area (TPSA) is 86.1 Å². The lowest BCUT2D eigenvalue weighted by molar-refractivity contribution is 0.283. The van der Waals surface area contributed by atoms with Gasteiger partial charge in [0.15, 0.2) is 0 Å². The molecule has 0 aliphatic heterocycles. The van der Waals surface area contributed by atoms with Gasteiger partial charge in [0.1, 0.15) is 11.5 Å². The van der Waals surface area contributed by atoms with Crippen LogP contribution in [0.3, 0.4) is 0 Å². The van der Waals surface area contributed by atoms with Crippen molar-refractivity contribution in [2.24, 2.45) is 5.92 Å². The van der Waals surface area contributed by atoms with Gasteiger partial charge in [-0.1, -0.05) is 79.0 Å². The molecule has 1 aromatic heterocycles. The number of hydrogen-bond acceptors (Lipinski definition) is 4. The minimum atomic E-state index is -1.01. The van der Waals surface area contributed by atoms with Gasteiger partial charge in [-0.25, -0.2) is 23.5 Å². The summed E-state index contributed by atoms with van der Waals surface area (Å²) in [6.07, 6.45) is 21.3. The Kier molecular flexibility index (Phi) is 6.11. The van der Waals surface area contributed by atoms with Gasteiger partial charge in [0, 0.05) is 5.92 Å². The smallest absolute Gasteiger partial charge is 0.341 e. The van der Waals surface area contributed by atoms with Crippen molar-refractivity contribution in [1.29, 1.82) is 0 Å². The first-order valence-electron chi connectivity index (χ1n) is 12.9. The van der Waals surface area contributed by atoms with Crippen LogP contribution >= 0.6 is 0 Å². The van der Waals surface area contributed by atoms with Crippen LogP contribution in [0.2, 0.25) is 0 Å². The number of aromatic nitrogens is 3. The van der Waals surface area contributed by atoms with Crippen molar-refractivity contribution < 1.29 is 4.74 Å². The Balaban J connectivity index is 1.45. The molecule has 1 heterocycles. The molecule has 1 atom stereocenters. The third-order valence-corrected chi connectivity index (χ3v) is 7.44. The van der Waals surface area contributed by atoms with Gasteiger partial charge in [-0.05, 0) is 66.8 Å². The number of para-hydroxylation sites is 1. The Bertz CT molecular complexity index is 1800. The standard InChI is InChI=1S/C32H27N3O4/c1-22-21-26(15-16-28(22)39-27-13-3-2-4-14-27)34-29(36)33-30(37)35(31(34)38)32(25-11-7-8-12-25)19-17-24(18-20-32)23-9-5-6-10-23/h2-5,7-19,21,25H,6,20H2,1H3,(H,33,36,37). The average molecular weight is 518 g/mol. The second-order valence-electron chi connectivity index (χ2n) is 9.83. The molecular formula is C32H27N3O4. The lowest BCUT2D eigenvalue weighted by Crippen LogP contribution is -2.58. The summed E-state index contributed by atoms with van der Waals surface area (Å²) in [5.41, 5.74) is 0.0123. The monoisotopic (exact) mass is 517 g/mol. The van der Waals surface area contributed by atoms with Gasteiger partial charge in [0.25, 0.3) is 0 Å². The van der Waals surface area contributed by atoms with Crippen molar-refractivity contribution in [1.82, 2.24) is 14.1 Å². The number of benzene rings is 2. The molecule has 3 aliphatic carbocycles.